The van der Waals surface area contributed by atoms with Crippen molar-refractivity contribution in [2.45, 2.75) is 0 Å². The van der Waals surface area contributed by atoms with Crippen molar-refractivity contribution in [3.63, 3.8) is 0 Å². The monoisotopic (exact) mass is 194 g/mol. The van der Waals surface area contributed by atoms with E-state index in [0.29, 0.717) is 5.41 Å². The molecule has 68 valence electrons. The summed E-state index contributed by atoms with van der Waals surface area (Å²) in [5.74, 6) is 0. The molecule has 0 unspecified atom stereocenters. The van der Waals surface area contributed by atoms with Crippen LogP contribution in [0, 0.1) is 0 Å². The van der Waals surface area contributed by atoms with Crippen molar-refractivity contribution in [3.8, 4) is 0 Å². The second kappa shape index (κ2) is 8.08. The molecule has 0 atom stereocenters. The molecule has 1 rings (SSSR count). The predicted octanol–water partition coefficient (Wildman–Crippen LogP) is -1.18. The zero-order valence-corrected chi connectivity index (χ0v) is 8.24. The molecule has 0 radical (unpaired) electrons. The van der Waals surface area contributed by atoms with Crippen LogP contribution in [0.25, 0.3) is 0 Å². The normalized spacial score (nSPS) is 8.69. The fourth-order valence-corrected chi connectivity index (χ4v) is 0.385. The topological polar surface area (TPSA) is 54.4 Å². The minimum atomic E-state index is -3.90. The van der Waals surface area contributed by atoms with Crippen LogP contribution in [0.2, 0.25) is 0 Å². The van der Waals surface area contributed by atoms with Gasteiger partial charge in [0, 0.05) is 0 Å². The van der Waals surface area contributed by atoms with E-state index in [0.717, 1.165) is 0 Å². The Bertz CT molecular complexity index is 274. The Kier molecular flexibility index (Phi) is 9.30. The molecule has 1 aromatic rings. The molecule has 0 aliphatic carbocycles. The van der Waals surface area contributed by atoms with Crippen LogP contribution in [0.4, 0.5) is 0 Å². The molecule has 0 aromatic heterocycles. The minimum absolute atomic E-state index is 0. The zero-order chi connectivity index (χ0) is 9.45. The van der Waals surface area contributed by atoms with Gasteiger partial charge >= 0.3 is 18.9 Å². The van der Waals surface area contributed by atoms with E-state index in [-0.39, 0.29) is 20.3 Å². The summed E-state index contributed by atoms with van der Waals surface area (Å²) in [6.45, 7) is 2.79. The Morgan fingerprint density at radius 2 is 1.23 bits per heavy atom. The average Bonchev–Trinajstić information content (AvgIpc) is 2.07. The van der Waals surface area contributed by atoms with Crippen LogP contribution in [-0.4, -0.2) is 13.0 Å². The van der Waals surface area contributed by atoms with Gasteiger partial charge in [0.1, 0.15) is 0 Å². The summed E-state index contributed by atoms with van der Waals surface area (Å²) in [7, 11) is -3.90. The third-order valence-corrected chi connectivity index (χ3v) is 1.30. The van der Waals surface area contributed by atoms with E-state index in [2.05, 4.69) is 6.58 Å². The van der Waals surface area contributed by atoms with Crippen molar-refractivity contribution >= 4 is 10.1 Å². The van der Waals surface area contributed by atoms with Crippen molar-refractivity contribution in [2.24, 2.45) is 0 Å². The first-order valence-electron chi connectivity index (χ1n) is 3.16. The molecule has 0 heterocycles. The molecule has 3 nitrogen and oxygen atoms in total. The van der Waals surface area contributed by atoms with Crippen molar-refractivity contribution in [2.75, 3.05) is 0 Å². The van der Waals surface area contributed by atoms with Gasteiger partial charge < -0.3 is 1.43 Å². The van der Waals surface area contributed by atoms with Gasteiger partial charge in [-0.2, -0.15) is 8.42 Å². The van der Waals surface area contributed by atoms with Gasteiger partial charge in [-0.1, -0.05) is 43.0 Å². The largest absolute Gasteiger partial charge is 1.00 e. The predicted molar refractivity (Wildman–Crippen MR) is 49.3 cm³/mol. The fourth-order valence-electron chi connectivity index (χ4n) is 0.385. The number of benzene rings is 1. The van der Waals surface area contributed by atoms with E-state index in [9.17, 15) is 8.42 Å². The molecule has 0 saturated heterocycles. The molecule has 0 aliphatic heterocycles. The van der Waals surface area contributed by atoms with E-state index in [1.165, 1.54) is 0 Å². The van der Waals surface area contributed by atoms with Crippen LogP contribution in [-0.2, 0) is 10.1 Å². The Labute approximate surface area is 91.9 Å². The maximum absolute atomic E-state index is 9.44. The molecule has 0 amide bonds. The van der Waals surface area contributed by atoms with Gasteiger partial charge in [-0.05, 0) is 0 Å². The van der Waals surface area contributed by atoms with Crippen molar-refractivity contribution in [3.05, 3.63) is 48.4 Å². The third kappa shape index (κ3) is 14.3. The average molecular weight is 194 g/mol. The van der Waals surface area contributed by atoms with Crippen LogP contribution >= 0.6 is 0 Å². The van der Waals surface area contributed by atoms with E-state index in [4.69, 9.17) is 4.55 Å². The summed E-state index contributed by atoms with van der Waals surface area (Å²) in [5.41, 5.74) is 0. The smallest absolute Gasteiger partial charge is 1.00 e. The summed E-state index contributed by atoms with van der Waals surface area (Å²) in [5, 5.41) is 0.465. The maximum atomic E-state index is 9.44. The van der Waals surface area contributed by atoms with Gasteiger partial charge in [-0.3, -0.25) is 4.55 Å². The van der Waals surface area contributed by atoms with Gasteiger partial charge in [0.25, 0.3) is 10.1 Å². The molecule has 1 N–H and O–H groups in total. The molecular weight excluding hydrogens is 183 g/mol. The van der Waals surface area contributed by atoms with Crippen molar-refractivity contribution in [1.82, 2.24) is 0 Å². The number of hydrogen-bond donors (Lipinski definition) is 1. The molecule has 1 aromatic carbocycles. The second-order valence-electron chi connectivity index (χ2n) is 1.84. The number of rotatable bonds is 1. The first-order chi connectivity index (χ1) is 5.56. The molecule has 0 aliphatic rings. The van der Waals surface area contributed by atoms with E-state index >= 15 is 0 Å². The van der Waals surface area contributed by atoms with Crippen LogP contribution in [0.1, 0.15) is 1.43 Å². The van der Waals surface area contributed by atoms with E-state index in [1.54, 1.807) is 0 Å². The van der Waals surface area contributed by atoms with Gasteiger partial charge in [0.05, 0.1) is 5.41 Å². The van der Waals surface area contributed by atoms with Crippen LogP contribution < -0.4 is 18.9 Å². The van der Waals surface area contributed by atoms with Gasteiger partial charge in [0.15, 0.2) is 0 Å². The maximum Gasteiger partial charge on any atom is 1.00 e. The molecule has 0 bridgehead atoms. The Hall–Kier alpha value is -0.533. The quantitative estimate of drug-likeness (QED) is 0.452. The summed E-state index contributed by atoms with van der Waals surface area (Å²) in [4.78, 5) is 0. The van der Waals surface area contributed by atoms with E-state index in [1.807, 2.05) is 36.4 Å². The third-order valence-electron chi connectivity index (χ3n) is 0.877. The Balaban J connectivity index is -0.000000151. The van der Waals surface area contributed by atoms with Crippen LogP contribution in [0.15, 0.2) is 48.4 Å². The minimum Gasteiger partial charge on any atom is -1.00 e. The van der Waals surface area contributed by atoms with Crippen molar-refractivity contribution in [1.29, 1.82) is 0 Å². The molecule has 0 saturated carbocycles. The SMILES string of the molecule is C=CS(=O)(=O)O.[H-].[Li+].c1ccccc1. The summed E-state index contributed by atoms with van der Waals surface area (Å²) in [6.07, 6.45) is 0. The van der Waals surface area contributed by atoms with Crippen molar-refractivity contribution < 1.29 is 33.3 Å². The van der Waals surface area contributed by atoms with Gasteiger partial charge in [-0.15, -0.1) is 0 Å². The number of hydrogen-bond acceptors (Lipinski definition) is 2. The summed E-state index contributed by atoms with van der Waals surface area (Å²) in [6, 6.07) is 12.0. The summed E-state index contributed by atoms with van der Waals surface area (Å²) < 4.78 is 26.6. The fraction of sp³-hybridized carbons (Fsp3) is 0. The standard InChI is InChI=1S/C6H6.C2H4O3S.Li.H/c1-2-4-6-5-3-1;1-2-6(3,4)5;;/h1-6H;2H,1H2,(H,3,4,5);;/q;;+1;-1. The first kappa shape index (κ1) is 15.0. The van der Waals surface area contributed by atoms with Crippen LogP contribution in [0.5, 0.6) is 0 Å². The summed E-state index contributed by atoms with van der Waals surface area (Å²) >= 11 is 0. The second-order valence-corrected chi connectivity index (χ2v) is 3.20. The molecule has 0 spiro atoms. The van der Waals surface area contributed by atoms with Gasteiger partial charge in [-0.25, -0.2) is 0 Å². The zero-order valence-electron chi connectivity index (χ0n) is 8.42. The Morgan fingerprint density at radius 3 is 1.31 bits per heavy atom. The molecule has 13 heavy (non-hydrogen) atoms. The van der Waals surface area contributed by atoms with Gasteiger partial charge in [0.2, 0.25) is 0 Å². The molecule has 0 fully saturated rings. The molecule has 5 heteroatoms. The first-order valence-corrected chi connectivity index (χ1v) is 4.66. The Morgan fingerprint density at radius 1 is 1.08 bits per heavy atom. The molecular formula is C8H11LiO3S. The van der Waals surface area contributed by atoms with E-state index < -0.39 is 10.1 Å². The van der Waals surface area contributed by atoms with Crippen LogP contribution in [0.3, 0.4) is 0 Å².